The average Bonchev–Trinajstić information content (AvgIpc) is 3.16. The van der Waals surface area contributed by atoms with Crippen molar-refractivity contribution in [2.75, 3.05) is 6.61 Å². The van der Waals surface area contributed by atoms with E-state index in [-0.39, 0.29) is 42.6 Å². The summed E-state index contributed by atoms with van der Waals surface area (Å²) in [6, 6.07) is 9.83. The van der Waals surface area contributed by atoms with Crippen molar-refractivity contribution < 1.29 is 18.4 Å². The van der Waals surface area contributed by atoms with Gasteiger partial charge in [0.05, 0.1) is 13.2 Å². The van der Waals surface area contributed by atoms with Crippen molar-refractivity contribution in [3.8, 4) is 11.8 Å². The smallest absolute Gasteiger partial charge is 0.332 e. The van der Waals surface area contributed by atoms with Crippen LogP contribution in [0.4, 0.5) is 8.78 Å². The molecular weight excluding hydrogens is 472 g/mol. The van der Waals surface area contributed by atoms with Crippen LogP contribution < -0.4 is 21.9 Å². The first-order valence-electron chi connectivity index (χ1n) is 10.2. The number of aryl methyl sites for hydroxylation is 1. The topological polar surface area (TPSA) is 106 Å². The normalized spacial score (nSPS) is 11.3. The van der Waals surface area contributed by atoms with Crippen LogP contribution in [-0.4, -0.2) is 25.3 Å². The van der Waals surface area contributed by atoms with Crippen LogP contribution in [0.5, 0.6) is 11.8 Å². The van der Waals surface area contributed by atoms with Crippen molar-refractivity contribution in [2.24, 2.45) is 12.9 Å². The molecule has 0 aliphatic rings. The zero-order valence-corrected chi connectivity index (χ0v) is 18.8. The summed E-state index contributed by atoms with van der Waals surface area (Å²) in [6.07, 6.45) is 0.334. The van der Waals surface area contributed by atoms with Crippen molar-refractivity contribution in [3.63, 3.8) is 0 Å². The molecule has 0 aliphatic carbocycles. The van der Waals surface area contributed by atoms with Crippen molar-refractivity contribution in [3.05, 3.63) is 85.5 Å². The molecule has 2 aromatic heterocycles. The van der Waals surface area contributed by atoms with E-state index in [1.807, 2.05) is 0 Å². The molecular formula is C22H20ClF2N5O4. The number of halogens is 3. The lowest BCUT2D eigenvalue weighted by Gasteiger charge is -2.11. The second-order valence-corrected chi connectivity index (χ2v) is 7.92. The Kier molecular flexibility index (Phi) is 6.77. The van der Waals surface area contributed by atoms with E-state index in [1.165, 1.54) is 22.2 Å². The fourth-order valence-electron chi connectivity index (χ4n) is 3.50. The van der Waals surface area contributed by atoms with Gasteiger partial charge in [-0.2, -0.15) is 4.98 Å². The van der Waals surface area contributed by atoms with Gasteiger partial charge in [-0.15, -0.1) is 0 Å². The highest BCUT2D eigenvalue weighted by Crippen LogP contribution is 2.26. The minimum Gasteiger partial charge on any atom is -0.425 e. The lowest BCUT2D eigenvalue weighted by atomic mass is 10.2. The SMILES string of the molecule is Cn1c(=O)n(CCCON)c(=O)c2c1nc(Oc1ccc(F)c(F)c1)n2Cc1ccc(Cl)cc1. The fourth-order valence-corrected chi connectivity index (χ4v) is 3.62. The molecule has 2 aromatic carbocycles. The van der Waals surface area contributed by atoms with Crippen molar-refractivity contribution in [2.45, 2.75) is 19.5 Å². The Morgan fingerprint density at radius 3 is 2.47 bits per heavy atom. The Labute approximate surface area is 196 Å². The van der Waals surface area contributed by atoms with Gasteiger partial charge in [-0.1, -0.05) is 23.7 Å². The zero-order valence-electron chi connectivity index (χ0n) is 18.0. The standard InChI is InChI=1S/C22H20ClF2N5O4/c1-28-19-18(20(31)29(22(28)32)9-2-10-33-26)30(12-13-3-5-14(23)6-4-13)21(27-19)34-15-7-8-16(24)17(25)11-15/h3-8,11H,2,9-10,12,26H2,1H3. The first-order chi connectivity index (χ1) is 16.3. The number of aromatic nitrogens is 4. The maximum absolute atomic E-state index is 13.7. The van der Waals surface area contributed by atoms with Crippen molar-refractivity contribution in [1.82, 2.24) is 18.7 Å². The molecule has 0 radical (unpaired) electrons. The molecule has 0 aliphatic heterocycles. The Hall–Kier alpha value is -3.54. The van der Waals surface area contributed by atoms with Crippen LogP contribution in [0.25, 0.3) is 11.2 Å². The van der Waals surface area contributed by atoms with Crippen LogP contribution in [0.2, 0.25) is 5.02 Å². The molecule has 34 heavy (non-hydrogen) atoms. The van der Waals surface area contributed by atoms with E-state index in [1.54, 1.807) is 24.3 Å². The Bertz CT molecular complexity index is 1460. The molecule has 0 atom stereocenters. The average molecular weight is 492 g/mol. The third kappa shape index (κ3) is 4.58. The second kappa shape index (κ2) is 9.75. The van der Waals surface area contributed by atoms with Crippen molar-refractivity contribution in [1.29, 1.82) is 0 Å². The number of hydrogen-bond donors (Lipinski definition) is 1. The zero-order chi connectivity index (χ0) is 24.4. The van der Waals surface area contributed by atoms with Gasteiger partial charge in [0.1, 0.15) is 5.75 Å². The van der Waals surface area contributed by atoms with Crippen LogP contribution in [-0.2, 0) is 25.0 Å². The minimum absolute atomic E-state index is 0.0306. The number of ether oxygens (including phenoxy) is 1. The molecule has 0 amide bonds. The van der Waals surface area contributed by atoms with E-state index >= 15 is 0 Å². The number of hydrogen-bond acceptors (Lipinski definition) is 6. The predicted octanol–water partition coefficient (Wildman–Crippen LogP) is 2.95. The summed E-state index contributed by atoms with van der Waals surface area (Å²) in [5, 5.41) is 0.532. The molecule has 0 unspecified atom stereocenters. The molecule has 12 heteroatoms. The molecule has 2 heterocycles. The summed E-state index contributed by atoms with van der Waals surface area (Å²) in [7, 11) is 1.47. The Balaban J connectivity index is 1.90. The third-order valence-corrected chi connectivity index (χ3v) is 5.45. The summed E-state index contributed by atoms with van der Waals surface area (Å²) in [6.45, 7) is 0.359. The van der Waals surface area contributed by atoms with E-state index in [4.69, 9.17) is 22.2 Å². The number of fused-ring (bicyclic) bond motifs is 1. The molecule has 4 rings (SSSR count). The van der Waals surface area contributed by atoms with Crippen LogP contribution in [0.3, 0.4) is 0 Å². The highest BCUT2D eigenvalue weighted by Gasteiger charge is 2.22. The first kappa shape index (κ1) is 23.6. The number of nitrogens with two attached hydrogens (primary N) is 1. The van der Waals surface area contributed by atoms with Crippen LogP contribution in [0, 0.1) is 11.6 Å². The summed E-state index contributed by atoms with van der Waals surface area (Å²) >= 11 is 5.98. The number of benzene rings is 2. The van der Waals surface area contributed by atoms with E-state index in [2.05, 4.69) is 9.82 Å². The highest BCUT2D eigenvalue weighted by molar-refractivity contribution is 6.30. The van der Waals surface area contributed by atoms with Gasteiger partial charge in [0.15, 0.2) is 22.8 Å². The maximum Gasteiger partial charge on any atom is 0.332 e. The van der Waals surface area contributed by atoms with Gasteiger partial charge in [-0.3, -0.25) is 18.5 Å². The van der Waals surface area contributed by atoms with Crippen LogP contribution in [0.15, 0.2) is 52.1 Å². The number of rotatable bonds is 8. The van der Waals surface area contributed by atoms with E-state index in [0.717, 1.165) is 22.3 Å². The van der Waals surface area contributed by atoms with E-state index in [9.17, 15) is 18.4 Å². The second-order valence-electron chi connectivity index (χ2n) is 7.48. The van der Waals surface area contributed by atoms with Crippen LogP contribution in [0.1, 0.15) is 12.0 Å². The Morgan fingerprint density at radius 2 is 1.79 bits per heavy atom. The quantitative estimate of drug-likeness (QED) is 0.300. The molecule has 9 nitrogen and oxygen atoms in total. The summed E-state index contributed by atoms with van der Waals surface area (Å²) < 4.78 is 36.6. The summed E-state index contributed by atoms with van der Waals surface area (Å²) in [4.78, 5) is 35.0. The monoisotopic (exact) mass is 491 g/mol. The molecule has 0 spiro atoms. The number of nitrogens with zero attached hydrogens (tertiary/aromatic N) is 4. The first-order valence-corrected chi connectivity index (χ1v) is 10.6. The van der Waals surface area contributed by atoms with Gasteiger partial charge in [0.25, 0.3) is 5.56 Å². The van der Waals surface area contributed by atoms with Gasteiger partial charge in [-0.25, -0.2) is 19.5 Å². The third-order valence-electron chi connectivity index (χ3n) is 5.20. The van der Waals surface area contributed by atoms with E-state index in [0.29, 0.717) is 11.4 Å². The van der Waals surface area contributed by atoms with Crippen molar-refractivity contribution >= 4 is 22.8 Å². The molecule has 0 bridgehead atoms. The lowest BCUT2D eigenvalue weighted by Crippen LogP contribution is -2.40. The number of imidazole rings is 1. The van der Waals surface area contributed by atoms with Gasteiger partial charge in [-0.05, 0) is 36.2 Å². The van der Waals surface area contributed by atoms with Crippen LogP contribution >= 0.6 is 11.6 Å². The largest absolute Gasteiger partial charge is 0.425 e. The molecule has 178 valence electrons. The Morgan fingerprint density at radius 1 is 1.06 bits per heavy atom. The van der Waals surface area contributed by atoms with Gasteiger partial charge >= 0.3 is 11.7 Å². The highest BCUT2D eigenvalue weighted by atomic mass is 35.5. The molecule has 2 N–H and O–H groups in total. The van der Waals surface area contributed by atoms with E-state index < -0.39 is 22.9 Å². The van der Waals surface area contributed by atoms with Gasteiger partial charge in [0, 0.05) is 24.7 Å². The molecule has 0 fully saturated rings. The van der Waals surface area contributed by atoms with Gasteiger partial charge < -0.3 is 9.57 Å². The molecule has 0 saturated heterocycles. The maximum atomic E-state index is 13.7. The lowest BCUT2D eigenvalue weighted by molar-refractivity contribution is 0.131. The minimum atomic E-state index is -1.10. The fraction of sp³-hybridized carbons (Fsp3) is 0.227. The summed E-state index contributed by atoms with van der Waals surface area (Å²) in [5.74, 6) is 2.88. The molecule has 0 saturated carbocycles. The predicted molar refractivity (Wildman–Crippen MR) is 121 cm³/mol. The molecule has 4 aromatic rings. The summed E-state index contributed by atoms with van der Waals surface area (Å²) in [5.41, 5.74) is -0.229. The van der Waals surface area contributed by atoms with Gasteiger partial charge in [0.2, 0.25) is 0 Å².